The highest BCUT2D eigenvalue weighted by atomic mass is 16.4. The fourth-order valence-corrected chi connectivity index (χ4v) is 5.91. The molecule has 3 heteroatoms. The lowest BCUT2D eigenvalue weighted by Gasteiger charge is -2.35. The van der Waals surface area contributed by atoms with Crippen LogP contribution in [0.4, 0.5) is 0 Å². The number of unbranched alkanes of at least 4 members (excludes halogenated alkanes) is 24. The van der Waals surface area contributed by atoms with Crippen LogP contribution < -0.4 is 5.11 Å². The Morgan fingerprint density at radius 1 is 0.390 bits per heavy atom. The molecule has 248 valence electrons. The Morgan fingerprint density at radius 3 is 0.854 bits per heavy atom. The largest absolute Gasteiger partial charge is 0.550 e. The molecule has 0 rings (SSSR count). The SMILES string of the molecule is CCCCCCCCCC(=O)[O-].CCCCCCCCC[N+](C)(CCCCCCCCC)CCCCCCCCC. The third kappa shape index (κ3) is 37.4. The van der Waals surface area contributed by atoms with Crippen molar-refractivity contribution in [1.29, 1.82) is 0 Å². The van der Waals surface area contributed by atoms with Gasteiger partial charge in [0, 0.05) is 5.97 Å². The minimum Gasteiger partial charge on any atom is -0.550 e. The minimum absolute atomic E-state index is 0.230. The summed E-state index contributed by atoms with van der Waals surface area (Å²) < 4.78 is 1.36. The molecule has 0 fully saturated rings. The first-order chi connectivity index (χ1) is 20.0. The van der Waals surface area contributed by atoms with Gasteiger partial charge in [-0.1, -0.05) is 163 Å². The molecule has 0 aromatic heterocycles. The van der Waals surface area contributed by atoms with Gasteiger partial charge in [0.05, 0.1) is 26.7 Å². The first kappa shape index (κ1) is 42.6. The smallest absolute Gasteiger partial charge is 0.0784 e. The first-order valence-electron chi connectivity index (χ1n) is 19.0. The normalized spacial score (nSPS) is 11.4. The zero-order valence-electron chi connectivity index (χ0n) is 29.4. The van der Waals surface area contributed by atoms with E-state index in [-0.39, 0.29) is 6.42 Å². The predicted molar refractivity (Wildman–Crippen MR) is 182 cm³/mol. The average molecular weight is 582 g/mol. The lowest BCUT2D eigenvalue weighted by molar-refractivity contribution is -0.910. The monoisotopic (exact) mass is 582 g/mol. The second-order valence-electron chi connectivity index (χ2n) is 13.4. The highest BCUT2D eigenvalue weighted by Crippen LogP contribution is 2.17. The van der Waals surface area contributed by atoms with Gasteiger partial charge >= 0.3 is 0 Å². The second kappa shape index (κ2) is 35.6. The standard InChI is InChI=1S/C28H60N.C10H20O2/c1-5-8-11-14-17-20-23-26-29(4,27-24-21-18-15-12-9-6-2)28-25-22-19-16-13-10-7-3;1-2-3-4-5-6-7-8-9-10(11)12/h5-28H2,1-4H3;2-9H2,1H3,(H,11,12)/q+1;/p-1. The van der Waals surface area contributed by atoms with Gasteiger partial charge in [-0.2, -0.15) is 0 Å². The number of carbonyl (C=O) groups is 1. The predicted octanol–water partition coefficient (Wildman–Crippen LogP) is 11.6. The van der Waals surface area contributed by atoms with E-state index in [1.807, 2.05) is 0 Å². The zero-order valence-corrected chi connectivity index (χ0v) is 29.4. The van der Waals surface area contributed by atoms with Gasteiger partial charge in [-0.05, 0) is 51.4 Å². The van der Waals surface area contributed by atoms with Gasteiger partial charge in [0.15, 0.2) is 0 Å². The van der Waals surface area contributed by atoms with Gasteiger partial charge < -0.3 is 14.4 Å². The van der Waals surface area contributed by atoms with Crippen LogP contribution in [0.1, 0.15) is 214 Å². The van der Waals surface area contributed by atoms with E-state index < -0.39 is 5.97 Å². The molecule has 0 spiro atoms. The molecule has 0 saturated heterocycles. The highest BCUT2D eigenvalue weighted by Gasteiger charge is 2.20. The van der Waals surface area contributed by atoms with Crippen molar-refractivity contribution in [3.63, 3.8) is 0 Å². The van der Waals surface area contributed by atoms with Crippen molar-refractivity contribution in [3.05, 3.63) is 0 Å². The van der Waals surface area contributed by atoms with Gasteiger partial charge in [0.1, 0.15) is 0 Å². The summed E-state index contributed by atoms with van der Waals surface area (Å²) in [6.07, 6.45) is 38.7. The Hall–Kier alpha value is -0.570. The molecule has 0 saturated carbocycles. The van der Waals surface area contributed by atoms with E-state index in [0.717, 1.165) is 12.8 Å². The number of hydrogen-bond donors (Lipinski definition) is 0. The Morgan fingerprint density at radius 2 is 0.610 bits per heavy atom. The number of nitrogens with zero attached hydrogens (tertiary/aromatic N) is 1. The van der Waals surface area contributed by atoms with Crippen LogP contribution in [0.25, 0.3) is 0 Å². The highest BCUT2D eigenvalue weighted by molar-refractivity contribution is 5.64. The van der Waals surface area contributed by atoms with E-state index in [2.05, 4.69) is 34.7 Å². The molecule has 0 radical (unpaired) electrons. The molecule has 3 nitrogen and oxygen atoms in total. The number of carboxylic acids is 1. The summed E-state index contributed by atoms with van der Waals surface area (Å²) >= 11 is 0. The summed E-state index contributed by atoms with van der Waals surface area (Å²) in [6.45, 7) is 13.4. The fraction of sp³-hybridized carbons (Fsp3) is 0.974. The number of quaternary nitrogens is 1. The summed E-state index contributed by atoms with van der Waals surface area (Å²) in [5, 5.41) is 10.0. The molecule has 0 N–H and O–H groups in total. The van der Waals surface area contributed by atoms with Crippen molar-refractivity contribution in [3.8, 4) is 0 Å². The van der Waals surface area contributed by atoms with Crippen LogP contribution in [0.5, 0.6) is 0 Å². The Balaban J connectivity index is 0. The minimum atomic E-state index is -0.913. The van der Waals surface area contributed by atoms with Crippen LogP contribution in [0.3, 0.4) is 0 Å². The van der Waals surface area contributed by atoms with E-state index >= 15 is 0 Å². The average Bonchev–Trinajstić information content (AvgIpc) is 2.95. The Kier molecular flexibility index (Phi) is 37.0. The van der Waals surface area contributed by atoms with Crippen LogP contribution in [0.2, 0.25) is 0 Å². The molecule has 0 amide bonds. The van der Waals surface area contributed by atoms with Crippen LogP contribution in [-0.4, -0.2) is 37.1 Å². The number of carboxylic acid groups (broad SMARTS) is 1. The van der Waals surface area contributed by atoms with Crippen molar-refractivity contribution in [2.75, 3.05) is 26.7 Å². The molecule has 0 unspecified atom stereocenters. The maximum Gasteiger partial charge on any atom is 0.0784 e. The second-order valence-corrected chi connectivity index (χ2v) is 13.4. The quantitative estimate of drug-likeness (QED) is 0.0585. The molecular weight excluding hydrogens is 502 g/mol. The zero-order chi connectivity index (χ0) is 30.7. The van der Waals surface area contributed by atoms with E-state index in [4.69, 9.17) is 0 Å². The van der Waals surface area contributed by atoms with Crippen molar-refractivity contribution in [2.45, 2.75) is 214 Å². The van der Waals surface area contributed by atoms with Crippen LogP contribution in [0.15, 0.2) is 0 Å². The summed E-state index contributed by atoms with van der Waals surface area (Å²) in [6, 6.07) is 0. The molecule has 41 heavy (non-hydrogen) atoms. The summed E-state index contributed by atoms with van der Waals surface area (Å²) in [7, 11) is 2.57. The third-order valence-electron chi connectivity index (χ3n) is 8.89. The number of rotatable bonds is 32. The molecule has 0 atom stereocenters. The Labute approximate surface area is 260 Å². The molecule has 0 aromatic rings. The fourth-order valence-electron chi connectivity index (χ4n) is 5.91. The molecular formula is C38H79NO2. The number of aliphatic carboxylic acids is 1. The van der Waals surface area contributed by atoms with Crippen molar-refractivity contribution >= 4 is 5.97 Å². The van der Waals surface area contributed by atoms with E-state index in [9.17, 15) is 9.90 Å². The van der Waals surface area contributed by atoms with Gasteiger partial charge in [0.25, 0.3) is 0 Å². The topological polar surface area (TPSA) is 40.1 Å². The third-order valence-corrected chi connectivity index (χ3v) is 8.89. The number of hydrogen-bond acceptors (Lipinski definition) is 2. The van der Waals surface area contributed by atoms with Crippen molar-refractivity contribution in [2.24, 2.45) is 0 Å². The van der Waals surface area contributed by atoms with Gasteiger partial charge in [-0.3, -0.25) is 0 Å². The lowest BCUT2D eigenvalue weighted by atomic mass is 10.1. The maximum atomic E-state index is 10.0. The molecule has 0 aliphatic heterocycles. The Bertz CT molecular complexity index is 447. The van der Waals surface area contributed by atoms with Crippen LogP contribution >= 0.6 is 0 Å². The van der Waals surface area contributed by atoms with Crippen molar-refractivity contribution in [1.82, 2.24) is 0 Å². The van der Waals surface area contributed by atoms with Crippen LogP contribution in [0, 0.1) is 0 Å². The molecule has 0 bridgehead atoms. The molecule has 0 aliphatic carbocycles. The lowest BCUT2D eigenvalue weighted by Crippen LogP contribution is -2.46. The van der Waals surface area contributed by atoms with Crippen molar-refractivity contribution < 1.29 is 14.4 Å². The number of carbonyl (C=O) groups excluding carboxylic acids is 1. The summed E-state index contributed by atoms with van der Waals surface area (Å²) in [5.74, 6) is -0.913. The first-order valence-corrected chi connectivity index (χ1v) is 19.0. The van der Waals surface area contributed by atoms with Gasteiger partial charge in [-0.15, -0.1) is 0 Å². The summed E-state index contributed by atoms with van der Waals surface area (Å²) in [4.78, 5) is 10.0. The molecule has 0 aromatic carbocycles. The van der Waals surface area contributed by atoms with E-state index in [1.54, 1.807) is 0 Å². The van der Waals surface area contributed by atoms with E-state index in [0.29, 0.717) is 0 Å². The molecule has 0 aliphatic rings. The van der Waals surface area contributed by atoms with Gasteiger partial charge in [0.2, 0.25) is 0 Å². The van der Waals surface area contributed by atoms with Crippen LogP contribution in [-0.2, 0) is 4.79 Å². The van der Waals surface area contributed by atoms with Gasteiger partial charge in [-0.25, -0.2) is 0 Å². The maximum absolute atomic E-state index is 10.0. The summed E-state index contributed by atoms with van der Waals surface area (Å²) in [5.41, 5.74) is 0. The van der Waals surface area contributed by atoms with E-state index in [1.165, 1.54) is 191 Å². The molecule has 0 heterocycles.